The second-order valence-corrected chi connectivity index (χ2v) is 7.98. The molecule has 3 aromatic rings. The predicted octanol–water partition coefficient (Wildman–Crippen LogP) is 4.36. The number of nitrogens with one attached hydrogen (secondary N) is 2. The number of nitriles is 1. The van der Waals surface area contributed by atoms with Gasteiger partial charge in [0.05, 0.1) is 22.4 Å². The fourth-order valence-electron chi connectivity index (χ4n) is 3.67. The number of aromatic amines is 1. The molecular formula is C23H22F3N5O2. The molecule has 7 nitrogen and oxygen atoms in total. The number of fused-ring (bicyclic) bond motifs is 1. The Morgan fingerprint density at radius 3 is 2.61 bits per heavy atom. The van der Waals surface area contributed by atoms with Gasteiger partial charge in [0.2, 0.25) is 0 Å². The van der Waals surface area contributed by atoms with Crippen LogP contribution < -0.4 is 10.9 Å². The van der Waals surface area contributed by atoms with Gasteiger partial charge in [0.15, 0.2) is 0 Å². The van der Waals surface area contributed by atoms with Crippen molar-refractivity contribution in [2.45, 2.75) is 44.1 Å². The summed E-state index contributed by atoms with van der Waals surface area (Å²) in [4.78, 5) is 23.1. The first kappa shape index (κ1) is 22.7. The number of rotatable bonds is 5. The summed E-state index contributed by atoms with van der Waals surface area (Å²) in [7, 11) is 0. The number of H-pyrrole nitrogens is 1. The van der Waals surface area contributed by atoms with Crippen molar-refractivity contribution < 1.29 is 17.9 Å². The number of anilines is 1. The molecule has 172 valence electrons. The van der Waals surface area contributed by atoms with Crippen LogP contribution in [-0.4, -0.2) is 28.2 Å². The average molecular weight is 457 g/mol. The lowest BCUT2D eigenvalue weighted by Gasteiger charge is -2.12. The van der Waals surface area contributed by atoms with E-state index in [2.05, 4.69) is 26.3 Å². The lowest BCUT2D eigenvalue weighted by Crippen LogP contribution is -2.20. The minimum atomic E-state index is -2.91. The second kappa shape index (κ2) is 9.58. The molecule has 1 saturated heterocycles. The number of benzene rings is 1. The lowest BCUT2D eigenvalue weighted by molar-refractivity contribution is 0.146. The van der Waals surface area contributed by atoms with E-state index >= 15 is 0 Å². The molecule has 10 heteroatoms. The molecule has 0 spiro atoms. The quantitative estimate of drug-likeness (QED) is 0.590. The maximum Gasteiger partial charge on any atom is 0.266 e. The normalized spacial score (nSPS) is 16.2. The fourth-order valence-corrected chi connectivity index (χ4v) is 3.67. The van der Waals surface area contributed by atoms with Crippen LogP contribution in [0, 0.1) is 17.1 Å². The van der Waals surface area contributed by atoms with Gasteiger partial charge in [0.1, 0.15) is 23.6 Å². The van der Waals surface area contributed by atoms with Gasteiger partial charge in [-0.05, 0) is 31.7 Å². The Morgan fingerprint density at radius 2 is 2.00 bits per heavy atom. The van der Waals surface area contributed by atoms with Crippen LogP contribution in [0.2, 0.25) is 0 Å². The third kappa shape index (κ3) is 4.83. The second-order valence-electron chi connectivity index (χ2n) is 7.98. The van der Waals surface area contributed by atoms with Gasteiger partial charge >= 0.3 is 0 Å². The summed E-state index contributed by atoms with van der Waals surface area (Å²) in [5.41, 5.74) is -1.18. The van der Waals surface area contributed by atoms with E-state index in [-0.39, 0.29) is 23.3 Å². The van der Waals surface area contributed by atoms with E-state index < -0.39 is 23.2 Å². The summed E-state index contributed by atoms with van der Waals surface area (Å²) in [5.74, 6) is -0.669. The van der Waals surface area contributed by atoms with Crippen LogP contribution in [0.4, 0.5) is 19.0 Å². The molecule has 0 bridgehead atoms. The number of pyridine rings is 1. The molecule has 0 unspecified atom stereocenters. The molecule has 3 heterocycles. The highest BCUT2D eigenvalue weighted by Gasteiger charge is 2.47. The molecule has 1 aliphatic carbocycles. The standard InChI is InChI=1S/C19H14F3N5O.C4H8O/c20-14-10(2-1-3-11(14)15(21)22)7-24-16-12-6-13(19(8-23)4-5-19)18(28)27-17(12)26-9-25-16;1-2-4-5-3-1/h1-3,6,9,15H,4-5,7H2,(H2,24,25,26,27,28);1-4H2. The molecule has 5 rings (SSSR count). The third-order valence-electron chi connectivity index (χ3n) is 5.75. The summed E-state index contributed by atoms with van der Waals surface area (Å²) in [6.45, 7) is 1.91. The zero-order chi connectivity index (χ0) is 23.4. The first-order valence-corrected chi connectivity index (χ1v) is 10.6. The first-order valence-electron chi connectivity index (χ1n) is 10.6. The minimum absolute atomic E-state index is 0.0601. The Morgan fingerprint density at radius 1 is 1.24 bits per heavy atom. The van der Waals surface area contributed by atoms with Crippen molar-refractivity contribution in [3.05, 3.63) is 63.5 Å². The zero-order valence-electron chi connectivity index (χ0n) is 17.7. The molecule has 2 N–H and O–H groups in total. The predicted molar refractivity (Wildman–Crippen MR) is 115 cm³/mol. The minimum Gasteiger partial charge on any atom is -0.381 e. The smallest absolute Gasteiger partial charge is 0.266 e. The molecule has 0 radical (unpaired) electrons. The maximum atomic E-state index is 14.2. The van der Waals surface area contributed by atoms with E-state index in [9.17, 15) is 23.2 Å². The van der Waals surface area contributed by atoms with E-state index in [4.69, 9.17) is 4.74 Å². The number of hydrogen-bond acceptors (Lipinski definition) is 6. The Labute approximate surface area is 187 Å². The van der Waals surface area contributed by atoms with E-state index in [1.54, 1.807) is 6.07 Å². The monoisotopic (exact) mass is 457 g/mol. The lowest BCUT2D eigenvalue weighted by atomic mass is 9.98. The van der Waals surface area contributed by atoms with Crippen LogP contribution in [0.15, 0.2) is 35.4 Å². The SMILES string of the molecule is C1CCOC1.N#CC1(c2cc3c(NCc4cccc(C(F)F)c4F)ncnc3[nH]c2=O)CC1. The first-order chi connectivity index (χ1) is 15.9. The van der Waals surface area contributed by atoms with Crippen molar-refractivity contribution in [3.63, 3.8) is 0 Å². The van der Waals surface area contributed by atoms with E-state index in [0.29, 0.717) is 29.6 Å². The summed E-state index contributed by atoms with van der Waals surface area (Å²) < 4.78 is 44.9. The molecule has 2 aromatic heterocycles. The van der Waals surface area contributed by atoms with Crippen molar-refractivity contribution in [2.24, 2.45) is 0 Å². The largest absolute Gasteiger partial charge is 0.381 e. The van der Waals surface area contributed by atoms with E-state index in [0.717, 1.165) is 19.3 Å². The van der Waals surface area contributed by atoms with Crippen LogP contribution in [-0.2, 0) is 16.7 Å². The van der Waals surface area contributed by atoms with Crippen LogP contribution in [0.3, 0.4) is 0 Å². The van der Waals surface area contributed by atoms with E-state index in [1.807, 2.05) is 0 Å². The third-order valence-corrected chi connectivity index (χ3v) is 5.75. The highest BCUT2D eigenvalue weighted by molar-refractivity contribution is 5.86. The highest BCUT2D eigenvalue weighted by Crippen LogP contribution is 2.46. The number of aromatic nitrogens is 3. The Kier molecular flexibility index (Phi) is 6.60. The number of ether oxygens (including phenoxy) is 1. The van der Waals surface area contributed by atoms with Gasteiger partial charge in [-0.2, -0.15) is 5.26 Å². The molecular weight excluding hydrogens is 435 g/mol. The van der Waals surface area contributed by atoms with Gasteiger partial charge < -0.3 is 15.0 Å². The van der Waals surface area contributed by atoms with Gasteiger partial charge in [0, 0.05) is 30.9 Å². The van der Waals surface area contributed by atoms with Crippen molar-refractivity contribution in [3.8, 4) is 6.07 Å². The molecule has 33 heavy (non-hydrogen) atoms. The van der Waals surface area contributed by atoms with E-state index in [1.165, 1.54) is 31.3 Å². The van der Waals surface area contributed by atoms with Gasteiger partial charge in [-0.3, -0.25) is 4.79 Å². The molecule has 1 aromatic carbocycles. The Bertz CT molecular complexity index is 1240. The molecule has 1 saturated carbocycles. The van der Waals surface area contributed by atoms with Crippen LogP contribution >= 0.6 is 0 Å². The highest BCUT2D eigenvalue weighted by atomic mass is 19.3. The number of hydrogen-bond donors (Lipinski definition) is 2. The number of halogens is 3. The summed E-state index contributed by atoms with van der Waals surface area (Å²) in [6, 6.07) is 7.54. The van der Waals surface area contributed by atoms with Gasteiger partial charge in [0.25, 0.3) is 12.0 Å². The number of alkyl halides is 2. The molecule has 2 aliphatic rings. The Balaban J connectivity index is 0.000000459. The van der Waals surface area contributed by atoms with Crippen molar-refractivity contribution in [2.75, 3.05) is 18.5 Å². The van der Waals surface area contributed by atoms with Gasteiger partial charge in [-0.15, -0.1) is 0 Å². The van der Waals surface area contributed by atoms with Gasteiger partial charge in [-0.25, -0.2) is 23.1 Å². The van der Waals surface area contributed by atoms with Crippen LogP contribution in [0.25, 0.3) is 11.0 Å². The van der Waals surface area contributed by atoms with Crippen LogP contribution in [0.1, 0.15) is 48.8 Å². The summed E-state index contributed by atoms with van der Waals surface area (Å²) in [5, 5.41) is 12.7. The molecule has 1 aliphatic heterocycles. The van der Waals surface area contributed by atoms with Crippen LogP contribution in [0.5, 0.6) is 0 Å². The molecule has 0 atom stereocenters. The molecule has 2 fully saturated rings. The zero-order valence-corrected chi connectivity index (χ0v) is 17.7. The Hall–Kier alpha value is -3.45. The van der Waals surface area contributed by atoms with Crippen molar-refractivity contribution >= 4 is 16.9 Å². The van der Waals surface area contributed by atoms with Gasteiger partial charge in [-0.1, -0.05) is 18.2 Å². The number of nitrogens with zero attached hydrogens (tertiary/aromatic N) is 3. The average Bonchev–Trinajstić information content (AvgIpc) is 3.35. The maximum absolute atomic E-state index is 14.2. The topological polar surface area (TPSA) is 104 Å². The van der Waals surface area contributed by atoms with Crippen molar-refractivity contribution in [1.29, 1.82) is 5.26 Å². The summed E-state index contributed by atoms with van der Waals surface area (Å²) >= 11 is 0. The summed E-state index contributed by atoms with van der Waals surface area (Å²) in [6.07, 6.45) is 2.07. The van der Waals surface area contributed by atoms with Crippen molar-refractivity contribution in [1.82, 2.24) is 15.0 Å². The molecule has 0 amide bonds. The fraction of sp³-hybridized carbons (Fsp3) is 0.391.